The third-order valence-electron chi connectivity index (χ3n) is 6.17. The molecule has 3 aromatic rings. The van der Waals surface area contributed by atoms with Crippen LogP contribution in [0.2, 0.25) is 0 Å². The molecule has 0 saturated heterocycles. The zero-order valence-corrected chi connectivity index (χ0v) is 21.0. The Bertz CT molecular complexity index is 1100. The lowest BCUT2D eigenvalue weighted by Crippen LogP contribution is -2.29. The normalized spacial score (nSPS) is 11.5. The molecule has 180 valence electrons. The third kappa shape index (κ3) is 7.36. The van der Waals surface area contributed by atoms with Crippen LogP contribution in [0.15, 0.2) is 45.1 Å². The van der Waals surface area contributed by atoms with Gasteiger partial charge in [0.1, 0.15) is 0 Å². The molecule has 33 heavy (non-hydrogen) atoms. The van der Waals surface area contributed by atoms with E-state index in [1.807, 2.05) is 10.6 Å². The number of nitrogens with zero attached hydrogens (tertiary/aromatic N) is 3. The van der Waals surface area contributed by atoms with Gasteiger partial charge in [0, 0.05) is 19.3 Å². The minimum absolute atomic E-state index is 0.345. The minimum Gasteiger partial charge on any atom is -0.313 e. The molecule has 0 bridgehead atoms. The highest BCUT2D eigenvalue weighted by Crippen LogP contribution is 2.23. The number of hydrogen-bond donors (Lipinski definition) is 1. The fraction of sp³-hybridized carbons (Fsp3) is 0.577. The lowest BCUT2D eigenvalue weighted by Gasteiger charge is -2.09. The number of aryl methyl sites for hydroxylation is 3. The summed E-state index contributed by atoms with van der Waals surface area (Å²) in [6.07, 6.45) is 13.6. The summed E-state index contributed by atoms with van der Waals surface area (Å²) in [6, 6.07) is 10.4. The summed E-state index contributed by atoms with van der Waals surface area (Å²) in [6.45, 7) is 3.01. The van der Waals surface area contributed by atoms with E-state index in [9.17, 15) is 9.59 Å². The summed E-state index contributed by atoms with van der Waals surface area (Å²) in [7, 11) is 1.66. The van der Waals surface area contributed by atoms with Gasteiger partial charge >= 0.3 is 5.69 Å². The van der Waals surface area contributed by atoms with Gasteiger partial charge in [-0.15, -0.1) is 0 Å². The van der Waals surface area contributed by atoms with E-state index in [-0.39, 0.29) is 5.56 Å². The van der Waals surface area contributed by atoms with Crippen molar-refractivity contribution in [3.8, 4) is 0 Å². The van der Waals surface area contributed by atoms with Crippen LogP contribution in [0.1, 0.15) is 76.7 Å². The van der Waals surface area contributed by atoms with Crippen LogP contribution in [-0.4, -0.2) is 24.9 Å². The van der Waals surface area contributed by atoms with E-state index in [0.29, 0.717) is 11.2 Å². The topological polar surface area (TPSA) is 72.7 Å². The van der Waals surface area contributed by atoms with Gasteiger partial charge in [0.05, 0.1) is 0 Å². The largest absolute Gasteiger partial charge is 0.329 e. The molecule has 3 rings (SSSR count). The van der Waals surface area contributed by atoms with Gasteiger partial charge in [-0.1, -0.05) is 107 Å². The smallest absolute Gasteiger partial charge is 0.313 e. The van der Waals surface area contributed by atoms with Gasteiger partial charge in [0.15, 0.2) is 16.3 Å². The Kier molecular flexibility index (Phi) is 10.3. The molecule has 0 aliphatic heterocycles. The summed E-state index contributed by atoms with van der Waals surface area (Å²) in [5.74, 6) is 0.872. The number of aromatic nitrogens is 4. The molecular weight excluding hydrogens is 432 g/mol. The maximum absolute atomic E-state index is 12.6. The van der Waals surface area contributed by atoms with Gasteiger partial charge < -0.3 is 4.57 Å². The molecule has 0 aliphatic carbocycles. The SMILES string of the molecule is CCCCCCCCCCCCn1c(SCCc2ccccc2)nc2c1c(=O)[nH]c(=O)n2C. The number of benzene rings is 1. The molecule has 6 nitrogen and oxygen atoms in total. The van der Waals surface area contributed by atoms with Gasteiger partial charge in [-0.05, 0) is 18.4 Å². The fourth-order valence-corrected chi connectivity index (χ4v) is 5.20. The predicted molar refractivity (Wildman–Crippen MR) is 138 cm³/mol. The molecular formula is C26H38N4O2S. The molecule has 7 heteroatoms. The summed E-state index contributed by atoms with van der Waals surface area (Å²) < 4.78 is 3.46. The molecule has 1 N–H and O–H groups in total. The lowest BCUT2D eigenvalue weighted by molar-refractivity contribution is 0.527. The van der Waals surface area contributed by atoms with Crippen molar-refractivity contribution in [2.24, 2.45) is 7.05 Å². The number of unbranched alkanes of at least 4 members (excludes halogenated alkanes) is 9. The van der Waals surface area contributed by atoms with Crippen molar-refractivity contribution < 1.29 is 0 Å². The Balaban J connectivity index is 1.60. The molecule has 0 saturated carbocycles. The van der Waals surface area contributed by atoms with Crippen LogP contribution in [0.3, 0.4) is 0 Å². The molecule has 0 radical (unpaired) electrons. The monoisotopic (exact) mass is 470 g/mol. The van der Waals surface area contributed by atoms with Crippen LogP contribution in [0.4, 0.5) is 0 Å². The second-order valence-corrected chi connectivity index (χ2v) is 9.86. The van der Waals surface area contributed by atoms with E-state index in [1.165, 1.54) is 61.5 Å². The maximum atomic E-state index is 12.6. The Hall–Kier alpha value is -2.28. The average molecular weight is 471 g/mol. The Morgan fingerprint density at radius 1 is 0.909 bits per heavy atom. The number of thioether (sulfide) groups is 1. The van der Waals surface area contributed by atoms with Crippen molar-refractivity contribution in [1.82, 2.24) is 19.1 Å². The molecule has 2 heterocycles. The van der Waals surface area contributed by atoms with E-state index in [0.717, 1.165) is 36.7 Å². The maximum Gasteiger partial charge on any atom is 0.329 e. The van der Waals surface area contributed by atoms with Crippen molar-refractivity contribution in [2.45, 2.75) is 89.3 Å². The minimum atomic E-state index is -0.420. The summed E-state index contributed by atoms with van der Waals surface area (Å²) in [5, 5.41) is 0.823. The number of H-pyrrole nitrogens is 1. The standard InChI is InChI=1S/C26H38N4O2S/c1-3-4-5-6-7-8-9-10-11-15-19-30-22-23(29(2)25(32)28-24(22)31)27-26(30)33-20-18-21-16-13-12-14-17-21/h12-14,16-17H,3-11,15,18-20H2,1-2H3,(H,28,31,32). The zero-order chi connectivity index (χ0) is 23.5. The number of rotatable bonds is 15. The lowest BCUT2D eigenvalue weighted by atomic mass is 10.1. The highest BCUT2D eigenvalue weighted by atomic mass is 32.2. The van der Waals surface area contributed by atoms with E-state index >= 15 is 0 Å². The van der Waals surface area contributed by atoms with Gasteiger partial charge in [-0.3, -0.25) is 14.3 Å². The molecule has 0 aliphatic rings. The van der Waals surface area contributed by atoms with Crippen LogP contribution >= 0.6 is 11.8 Å². The molecule has 2 aromatic heterocycles. The van der Waals surface area contributed by atoms with Crippen molar-refractivity contribution in [2.75, 3.05) is 5.75 Å². The first-order valence-corrected chi connectivity index (χ1v) is 13.5. The van der Waals surface area contributed by atoms with Crippen molar-refractivity contribution in [1.29, 1.82) is 0 Å². The molecule has 0 unspecified atom stereocenters. The van der Waals surface area contributed by atoms with Crippen LogP contribution in [0, 0.1) is 0 Å². The molecule has 1 aromatic carbocycles. The quantitative estimate of drug-likeness (QED) is 0.229. The zero-order valence-electron chi connectivity index (χ0n) is 20.1. The number of nitrogens with one attached hydrogen (secondary N) is 1. The van der Waals surface area contributed by atoms with E-state index < -0.39 is 5.69 Å². The van der Waals surface area contributed by atoms with Gasteiger partial charge in [0.25, 0.3) is 5.56 Å². The summed E-state index contributed by atoms with van der Waals surface area (Å²) in [4.78, 5) is 31.8. The first-order chi connectivity index (χ1) is 16.1. The van der Waals surface area contributed by atoms with E-state index in [2.05, 4.69) is 36.2 Å². The molecule has 0 amide bonds. The predicted octanol–water partition coefficient (Wildman–Crippen LogP) is 5.68. The van der Waals surface area contributed by atoms with Gasteiger partial charge in [-0.25, -0.2) is 9.78 Å². The van der Waals surface area contributed by atoms with Crippen LogP contribution < -0.4 is 11.2 Å². The Morgan fingerprint density at radius 2 is 1.55 bits per heavy atom. The van der Waals surface area contributed by atoms with Crippen LogP contribution in [0.25, 0.3) is 11.2 Å². The second-order valence-electron chi connectivity index (χ2n) is 8.80. The Morgan fingerprint density at radius 3 is 2.21 bits per heavy atom. The first-order valence-electron chi connectivity index (χ1n) is 12.5. The first kappa shape index (κ1) is 25.3. The number of aromatic amines is 1. The van der Waals surface area contributed by atoms with Crippen LogP contribution in [0.5, 0.6) is 0 Å². The van der Waals surface area contributed by atoms with Crippen molar-refractivity contribution >= 4 is 22.9 Å². The third-order valence-corrected chi connectivity index (χ3v) is 7.15. The van der Waals surface area contributed by atoms with Crippen LogP contribution in [-0.2, 0) is 20.0 Å². The summed E-state index contributed by atoms with van der Waals surface area (Å²) in [5.41, 5.74) is 1.50. The number of hydrogen-bond acceptors (Lipinski definition) is 4. The van der Waals surface area contributed by atoms with Crippen molar-refractivity contribution in [3.63, 3.8) is 0 Å². The highest BCUT2D eigenvalue weighted by Gasteiger charge is 2.17. The average Bonchev–Trinajstić information content (AvgIpc) is 3.18. The number of fused-ring (bicyclic) bond motifs is 1. The molecule has 0 fully saturated rings. The fourth-order valence-electron chi connectivity index (χ4n) is 4.19. The second kappa shape index (κ2) is 13.4. The molecule has 0 atom stereocenters. The number of imidazole rings is 1. The Labute approximate surface area is 200 Å². The van der Waals surface area contributed by atoms with E-state index in [4.69, 9.17) is 4.98 Å². The van der Waals surface area contributed by atoms with Crippen molar-refractivity contribution in [3.05, 3.63) is 56.7 Å². The summed E-state index contributed by atoms with van der Waals surface area (Å²) >= 11 is 1.66. The highest BCUT2D eigenvalue weighted by molar-refractivity contribution is 7.99. The van der Waals surface area contributed by atoms with Gasteiger partial charge in [0.2, 0.25) is 0 Å². The van der Waals surface area contributed by atoms with Gasteiger partial charge in [-0.2, -0.15) is 0 Å². The molecule has 0 spiro atoms. The van der Waals surface area contributed by atoms with E-state index in [1.54, 1.807) is 18.8 Å².